The van der Waals surface area contributed by atoms with Gasteiger partial charge in [-0.05, 0) is 51.2 Å². The molecule has 0 amide bonds. The number of aromatic nitrogens is 4. The van der Waals surface area contributed by atoms with Crippen molar-refractivity contribution in [3.63, 3.8) is 0 Å². The second-order valence-electron chi connectivity index (χ2n) is 10.8. The number of anilines is 1. The molecule has 0 bridgehead atoms. The molecular formula is C29H38N6O2S. The topological polar surface area (TPSA) is 68.4 Å². The number of nitrogens with zero attached hydrogens (tertiary/aromatic N) is 6. The number of hydrogen-bond donors (Lipinski definition) is 0. The number of aryl methyl sites for hydroxylation is 1. The molecule has 2 saturated heterocycles. The SMILES string of the molecule is CC[C@H]1CN([C@H](C)c2nc3ccccc3s2)[C@H](CC)CN1c1cc(=O)n(C)c2cn(C3CCCCO3)nc12. The van der Waals surface area contributed by atoms with Gasteiger partial charge in [0.1, 0.15) is 16.8 Å². The highest BCUT2D eigenvalue weighted by Crippen LogP contribution is 2.37. The first-order valence-electron chi connectivity index (χ1n) is 14.1. The Hall–Kier alpha value is -2.75. The third-order valence-electron chi connectivity index (χ3n) is 8.51. The van der Waals surface area contributed by atoms with Gasteiger partial charge in [-0.2, -0.15) is 5.10 Å². The standard InChI is InChI=1S/C29H38N6O2S/c1-5-20-17-34(21(6-2)16-33(20)19(3)29-30-22-11-7-8-12-25(22)38-29)23-15-26(36)32(4)24-18-35(31-28(23)24)27-13-9-10-14-37-27/h7-8,11-12,15,18-21,27H,5-6,9-10,13-14,16-17H2,1-4H3/t19-,20-,21+,27?/m1/s1. The fraction of sp³-hybridized carbons (Fsp3) is 0.552. The summed E-state index contributed by atoms with van der Waals surface area (Å²) in [5.41, 5.74) is 3.80. The van der Waals surface area contributed by atoms with E-state index in [9.17, 15) is 4.79 Å². The summed E-state index contributed by atoms with van der Waals surface area (Å²) >= 11 is 1.80. The Morgan fingerprint density at radius 1 is 1.13 bits per heavy atom. The molecule has 0 radical (unpaired) electrons. The van der Waals surface area contributed by atoms with Gasteiger partial charge in [-0.25, -0.2) is 9.67 Å². The maximum Gasteiger partial charge on any atom is 0.252 e. The van der Waals surface area contributed by atoms with Crippen LogP contribution in [-0.4, -0.2) is 56.0 Å². The number of fused-ring (bicyclic) bond motifs is 2. The van der Waals surface area contributed by atoms with Gasteiger partial charge in [-0.3, -0.25) is 9.69 Å². The van der Waals surface area contributed by atoms with Crippen LogP contribution in [0, 0.1) is 0 Å². The Morgan fingerprint density at radius 2 is 1.95 bits per heavy atom. The maximum atomic E-state index is 13.1. The second-order valence-corrected chi connectivity index (χ2v) is 11.8. The van der Waals surface area contributed by atoms with Crippen molar-refractivity contribution >= 4 is 38.3 Å². The highest BCUT2D eigenvalue weighted by Gasteiger charge is 2.37. The van der Waals surface area contributed by atoms with E-state index in [-0.39, 0.29) is 23.9 Å². The molecule has 0 aliphatic carbocycles. The molecule has 1 unspecified atom stereocenters. The van der Waals surface area contributed by atoms with Crippen LogP contribution in [0.15, 0.2) is 41.3 Å². The lowest BCUT2D eigenvalue weighted by molar-refractivity contribution is -0.0390. The summed E-state index contributed by atoms with van der Waals surface area (Å²) in [6, 6.07) is 11.1. The largest absolute Gasteiger partial charge is 0.364 e. The number of ether oxygens (including phenoxy) is 1. The van der Waals surface area contributed by atoms with Gasteiger partial charge in [0, 0.05) is 44.9 Å². The van der Waals surface area contributed by atoms with Crippen LogP contribution in [0.5, 0.6) is 0 Å². The first-order valence-corrected chi connectivity index (χ1v) is 14.9. The van der Waals surface area contributed by atoms with Gasteiger partial charge in [0.2, 0.25) is 0 Å². The van der Waals surface area contributed by atoms with Gasteiger partial charge in [-0.1, -0.05) is 26.0 Å². The molecule has 6 rings (SSSR count). The number of para-hydroxylation sites is 1. The summed E-state index contributed by atoms with van der Waals surface area (Å²) in [6.45, 7) is 9.36. The maximum absolute atomic E-state index is 13.1. The number of rotatable bonds is 6. The van der Waals surface area contributed by atoms with Crippen LogP contribution >= 0.6 is 11.3 Å². The molecular weight excluding hydrogens is 496 g/mol. The van der Waals surface area contributed by atoms with Crippen molar-refractivity contribution in [2.24, 2.45) is 7.05 Å². The Bertz CT molecular complexity index is 1450. The average molecular weight is 535 g/mol. The lowest BCUT2D eigenvalue weighted by Gasteiger charge is -2.49. The number of benzene rings is 1. The second kappa shape index (κ2) is 10.4. The lowest BCUT2D eigenvalue weighted by Crippen LogP contribution is -2.58. The third-order valence-corrected chi connectivity index (χ3v) is 9.72. The first-order chi connectivity index (χ1) is 18.5. The highest BCUT2D eigenvalue weighted by molar-refractivity contribution is 7.18. The van der Waals surface area contributed by atoms with E-state index in [1.807, 2.05) is 17.9 Å². The van der Waals surface area contributed by atoms with Crippen molar-refractivity contribution in [1.29, 1.82) is 0 Å². The number of thiazole rings is 1. The molecule has 9 heteroatoms. The van der Waals surface area contributed by atoms with Crippen LogP contribution in [0.3, 0.4) is 0 Å². The minimum absolute atomic E-state index is 0.00443. The zero-order valence-electron chi connectivity index (χ0n) is 22.8. The van der Waals surface area contributed by atoms with Crippen LogP contribution in [0.2, 0.25) is 0 Å². The fourth-order valence-electron chi connectivity index (χ4n) is 6.17. The zero-order chi connectivity index (χ0) is 26.4. The number of pyridine rings is 1. The lowest BCUT2D eigenvalue weighted by atomic mass is 9.99. The fourth-order valence-corrected chi connectivity index (χ4v) is 7.21. The van der Waals surface area contributed by atoms with E-state index in [0.29, 0.717) is 6.04 Å². The van der Waals surface area contributed by atoms with Crippen molar-refractivity contribution in [3.05, 3.63) is 51.9 Å². The predicted octanol–water partition coefficient (Wildman–Crippen LogP) is 5.48. The molecule has 4 aromatic rings. The molecule has 0 spiro atoms. The molecule has 4 atom stereocenters. The van der Waals surface area contributed by atoms with E-state index < -0.39 is 0 Å². The van der Waals surface area contributed by atoms with Gasteiger partial charge < -0.3 is 14.2 Å². The smallest absolute Gasteiger partial charge is 0.252 e. The first kappa shape index (κ1) is 25.5. The normalized spacial score (nSPS) is 23.9. The van der Waals surface area contributed by atoms with Gasteiger partial charge in [-0.15, -0.1) is 11.3 Å². The van der Waals surface area contributed by atoms with E-state index in [1.165, 1.54) is 9.71 Å². The van der Waals surface area contributed by atoms with Crippen LogP contribution in [-0.2, 0) is 11.8 Å². The van der Waals surface area contributed by atoms with Crippen molar-refractivity contribution in [2.75, 3.05) is 24.6 Å². The molecule has 3 aromatic heterocycles. The molecule has 8 nitrogen and oxygen atoms in total. The monoisotopic (exact) mass is 534 g/mol. The minimum Gasteiger partial charge on any atom is -0.364 e. The van der Waals surface area contributed by atoms with Gasteiger partial charge in [0.15, 0.2) is 0 Å². The zero-order valence-corrected chi connectivity index (χ0v) is 23.7. The molecule has 2 aliphatic rings. The Labute approximate surface area is 227 Å². The van der Waals surface area contributed by atoms with Crippen LogP contribution in [0.4, 0.5) is 5.69 Å². The van der Waals surface area contributed by atoms with Crippen molar-refractivity contribution in [1.82, 2.24) is 24.2 Å². The number of hydrogen-bond acceptors (Lipinski definition) is 7. The third kappa shape index (κ3) is 4.44. The van der Waals surface area contributed by atoms with Crippen LogP contribution in [0.1, 0.15) is 70.2 Å². The van der Waals surface area contributed by atoms with E-state index in [4.69, 9.17) is 14.8 Å². The van der Waals surface area contributed by atoms with E-state index >= 15 is 0 Å². The summed E-state index contributed by atoms with van der Waals surface area (Å²) in [6.07, 6.45) is 7.14. The van der Waals surface area contributed by atoms with E-state index in [0.717, 1.165) is 74.0 Å². The molecule has 38 heavy (non-hydrogen) atoms. The summed E-state index contributed by atoms with van der Waals surface area (Å²) in [7, 11) is 1.84. The van der Waals surface area contributed by atoms with E-state index in [2.05, 4.69) is 54.8 Å². The van der Waals surface area contributed by atoms with E-state index in [1.54, 1.807) is 22.0 Å². The van der Waals surface area contributed by atoms with Crippen LogP contribution in [0.25, 0.3) is 21.3 Å². The van der Waals surface area contributed by atoms with Crippen molar-refractivity contribution in [3.8, 4) is 0 Å². The van der Waals surface area contributed by atoms with Crippen LogP contribution < -0.4 is 10.5 Å². The Kier molecular flexibility index (Phi) is 7.01. The quantitative estimate of drug-likeness (QED) is 0.326. The van der Waals surface area contributed by atoms with Crippen molar-refractivity contribution in [2.45, 2.75) is 77.2 Å². The summed E-state index contributed by atoms with van der Waals surface area (Å²) in [5.74, 6) is 0. The highest BCUT2D eigenvalue weighted by atomic mass is 32.1. The number of piperazine rings is 1. The molecule has 0 N–H and O–H groups in total. The van der Waals surface area contributed by atoms with Gasteiger partial charge in [0.05, 0.1) is 33.7 Å². The summed E-state index contributed by atoms with van der Waals surface area (Å²) in [4.78, 5) is 23.2. The molecule has 202 valence electrons. The molecule has 2 aliphatic heterocycles. The molecule has 5 heterocycles. The van der Waals surface area contributed by atoms with Crippen molar-refractivity contribution < 1.29 is 4.74 Å². The van der Waals surface area contributed by atoms with Gasteiger partial charge >= 0.3 is 0 Å². The average Bonchev–Trinajstić information content (AvgIpc) is 3.60. The minimum atomic E-state index is -0.0593. The summed E-state index contributed by atoms with van der Waals surface area (Å²) in [5, 5.41) is 6.20. The Balaban J connectivity index is 1.35. The van der Waals surface area contributed by atoms with Gasteiger partial charge in [0.25, 0.3) is 5.56 Å². The molecule has 2 fully saturated rings. The molecule has 0 saturated carbocycles. The molecule has 1 aromatic carbocycles. The predicted molar refractivity (Wildman–Crippen MR) is 154 cm³/mol. The summed E-state index contributed by atoms with van der Waals surface area (Å²) < 4.78 is 10.9. The Morgan fingerprint density at radius 3 is 2.68 bits per heavy atom.